The van der Waals surface area contributed by atoms with Crippen LogP contribution >= 0.6 is 0 Å². The number of H-pyrrole nitrogens is 1. The molecule has 1 N–H and O–H groups in total. The third-order valence-electron chi connectivity index (χ3n) is 5.13. The van der Waals surface area contributed by atoms with E-state index in [9.17, 15) is 17.2 Å². The summed E-state index contributed by atoms with van der Waals surface area (Å²) in [5.41, 5.74) is 1.50. The van der Waals surface area contributed by atoms with Gasteiger partial charge in [-0.15, -0.1) is 0 Å². The second kappa shape index (κ2) is 9.30. The van der Waals surface area contributed by atoms with Crippen LogP contribution in [0.4, 0.5) is 8.78 Å². The van der Waals surface area contributed by atoms with Gasteiger partial charge in [0.2, 0.25) is 5.75 Å². The Morgan fingerprint density at radius 1 is 0.972 bits per heavy atom. The number of aromatic nitrogens is 5. The predicted octanol–water partition coefficient (Wildman–Crippen LogP) is 5.07. The van der Waals surface area contributed by atoms with Crippen LogP contribution in [0, 0.1) is 11.6 Å². The van der Waals surface area contributed by atoms with Crippen LogP contribution in [0.3, 0.4) is 0 Å². The van der Waals surface area contributed by atoms with Gasteiger partial charge in [0.15, 0.2) is 32.2 Å². The van der Waals surface area contributed by atoms with E-state index in [4.69, 9.17) is 9.47 Å². The molecular formula is C24H17F2N5O4S. The zero-order valence-corrected chi connectivity index (χ0v) is 19.5. The molecule has 0 saturated heterocycles. The number of hydrogen-bond acceptors (Lipinski definition) is 8. The summed E-state index contributed by atoms with van der Waals surface area (Å²) in [5.74, 6) is -2.66. The van der Waals surface area contributed by atoms with Crippen molar-refractivity contribution in [2.24, 2.45) is 0 Å². The fourth-order valence-electron chi connectivity index (χ4n) is 3.31. The van der Waals surface area contributed by atoms with Crippen LogP contribution in [0.2, 0.25) is 0 Å². The lowest BCUT2D eigenvalue weighted by Gasteiger charge is -2.12. The smallest absolute Gasteiger partial charge is 0.265 e. The highest BCUT2D eigenvalue weighted by Gasteiger charge is 2.19. The molecule has 0 amide bonds. The predicted molar refractivity (Wildman–Crippen MR) is 126 cm³/mol. The molecule has 0 saturated carbocycles. The molecule has 0 aliphatic rings. The van der Waals surface area contributed by atoms with Crippen LogP contribution in [-0.2, 0) is 9.84 Å². The van der Waals surface area contributed by atoms with Crippen molar-refractivity contribution in [3.05, 3.63) is 78.9 Å². The Bertz CT molecular complexity index is 1640. The SMILES string of the molecule is CCS(=O)(=O)c1ccc(Oc2cc3cc(-c4cnccn4)[nH]c3nc2Oc2c(F)cccc2F)cn1. The molecule has 5 aromatic rings. The number of sulfone groups is 1. The van der Waals surface area contributed by atoms with Gasteiger partial charge in [-0.05, 0) is 36.4 Å². The zero-order valence-electron chi connectivity index (χ0n) is 18.6. The first-order chi connectivity index (χ1) is 17.3. The number of ether oxygens (including phenoxy) is 2. The van der Waals surface area contributed by atoms with Gasteiger partial charge in [0.25, 0.3) is 5.88 Å². The molecule has 12 heteroatoms. The number of hydrogen-bond donors (Lipinski definition) is 1. The molecule has 36 heavy (non-hydrogen) atoms. The lowest BCUT2D eigenvalue weighted by molar-refractivity contribution is 0.370. The number of rotatable bonds is 7. The number of nitrogens with zero attached hydrogens (tertiary/aromatic N) is 4. The van der Waals surface area contributed by atoms with Gasteiger partial charge >= 0.3 is 0 Å². The Balaban J connectivity index is 1.58. The molecule has 0 aliphatic heterocycles. The first-order valence-electron chi connectivity index (χ1n) is 10.6. The third kappa shape index (κ3) is 4.58. The van der Waals surface area contributed by atoms with Crippen LogP contribution in [-0.4, -0.2) is 39.1 Å². The van der Waals surface area contributed by atoms with Crippen molar-refractivity contribution in [1.29, 1.82) is 0 Å². The fourth-order valence-corrected chi connectivity index (χ4v) is 4.09. The van der Waals surface area contributed by atoms with Crippen molar-refractivity contribution in [2.75, 3.05) is 5.75 Å². The molecule has 4 aromatic heterocycles. The van der Waals surface area contributed by atoms with Gasteiger partial charge in [0, 0.05) is 17.8 Å². The average Bonchev–Trinajstić information content (AvgIpc) is 3.30. The molecule has 1 aromatic carbocycles. The second-order valence-electron chi connectivity index (χ2n) is 7.49. The van der Waals surface area contributed by atoms with Gasteiger partial charge in [-0.25, -0.2) is 22.2 Å². The van der Waals surface area contributed by atoms with E-state index in [-0.39, 0.29) is 28.2 Å². The largest absolute Gasteiger partial charge is 0.450 e. The molecular weight excluding hydrogens is 492 g/mol. The number of benzene rings is 1. The Kier molecular flexibility index (Phi) is 6.02. The summed E-state index contributed by atoms with van der Waals surface area (Å²) in [6.07, 6.45) is 5.86. The van der Waals surface area contributed by atoms with Crippen LogP contribution in [0.1, 0.15) is 6.92 Å². The topological polar surface area (TPSA) is 120 Å². The first kappa shape index (κ1) is 23.3. The normalized spacial score (nSPS) is 11.5. The summed E-state index contributed by atoms with van der Waals surface area (Å²) in [5, 5.41) is 0.486. The minimum absolute atomic E-state index is 0.0164. The minimum Gasteiger partial charge on any atom is -0.450 e. The average molecular weight is 509 g/mol. The van der Waals surface area contributed by atoms with Crippen molar-refractivity contribution < 1.29 is 26.7 Å². The summed E-state index contributed by atoms with van der Waals surface area (Å²) in [4.78, 5) is 19.7. The van der Waals surface area contributed by atoms with E-state index in [0.29, 0.717) is 22.4 Å². The van der Waals surface area contributed by atoms with Gasteiger partial charge in [0.1, 0.15) is 17.1 Å². The fraction of sp³-hybridized carbons (Fsp3) is 0.0833. The molecule has 0 bridgehead atoms. The number of fused-ring (bicyclic) bond motifs is 1. The maximum Gasteiger partial charge on any atom is 0.265 e. The maximum atomic E-state index is 14.3. The van der Waals surface area contributed by atoms with Gasteiger partial charge in [-0.2, -0.15) is 4.98 Å². The first-order valence-corrected chi connectivity index (χ1v) is 12.3. The number of pyridine rings is 2. The van der Waals surface area contributed by atoms with Crippen molar-refractivity contribution in [3.63, 3.8) is 0 Å². The van der Waals surface area contributed by atoms with Crippen molar-refractivity contribution in [2.45, 2.75) is 11.9 Å². The lowest BCUT2D eigenvalue weighted by Crippen LogP contribution is -2.05. The molecule has 0 atom stereocenters. The van der Waals surface area contributed by atoms with E-state index in [1.165, 1.54) is 43.7 Å². The highest BCUT2D eigenvalue weighted by Crippen LogP contribution is 2.38. The summed E-state index contributed by atoms with van der Waals surface area (Å²) < 4.78 is 64.0. The Morgan fingerprint density at radius 2 is 1.78 bits per heavy atom. The molecule has 9 nitrogen and oxygen atoms in total. The van der Waals surface area contributed by atoms with Crippen LogP contribution in [0.25, 0.3) is 22.4 Å². The van der Waals surface area contributed by atoms with Gasteiger partial charge < -0.3 is 14.5 Å². The van der Waals surface area contributed by atoms with Gasteiger partial charge in [-0.3, -0.25) is 9.97 Å². The van der Waals surface area contributed by atoms with Crippen LogP contribution in [0.15, 0.2) is 72.3 Å². The summed E-state index contributed by atoms with van der Waals surface area (Å²) in [6.45, 7) is 1.51. The Morgan fingerprint density at radius 3 is 2.44 bits per heavy atom. The van der Waals surface area contributed by atoms with E-state index in [1.54, 1.807) is 18.3 Å². The standard InChI is InChI=1S/C24H17F2N5O4S/c1-2-36(32,33)21-7-6-15(12-29-21)34-20-11-14-10-18(19-13-27-8-9-28-19)30-23(14)31-24(20)35-22-16(25)4-3-5-17(22)26/h3-13H,2H2,1H3,(H,30,31). The van der Waals surface area contributed by atoms with E-state index >= 15 is 0 Å². The molecule has 5 rings (SSSR count). The Labute approximate surface area is 203 Å². The van der Waals surface area contributed by atoms with Crippen molar-refractivity contribution in [3.8, 4) is 34.5 Å². The number of para-hydroxylation sites is 1. The van der Waals surface area contributed by atoms with Gasteiger partial charge in [-0.1, -0.05) is 13.0 Å². The van der Waals surface area contributed by atoms with Crippen molar-refractivity contribution in [1.82, 2.24) is 24.9 Å². The number of aromatic amines is 1. The lowest BCUT2D eigenvalue weighted by atomic mass is 10.2. The molecule has 4 heterocycles. The van der Waals surface area contributed by atoms with E-state index in [2.05, 4.69) is 24.9 Å². The highest BCUT2D eigenvalue weighted by atomic mass is 32.2. The van der Waals surface area contributed by atoms with E-state index < -0.39 is 27.2 Å². The molecule has 0 spiro atoms. The summed E-state index contributed by atoms with van der Waals surface area (Å²) in [6, 6.07) is 9.34. The quantitative estimate of drug-likeness (QED) is 0.323. The number of nitrogens with one attached hydrogen (secondary N) is 1. The molecule has 0 unspecified atom stereocenters. The molecule has 0 fully saturated rings. The van der Waals surface area contributed by atoms with Crippen molar-refractivity contribution >= 4 is 20.9 Å². The minimum atomic E-state index is -3.50. The second-order valence-corrected chi connectivity index (χ2v) is 9.72. The van der Waals surface area contributed by atoms with E-state index in [0.717, 1.165) is 12.1 Å². The maximum absolute atomic E-state index is 14.3. The Hall–Kier alpha value is -4.45. The summed E-state index contributed by atoms with van der Waals surface area (Å²) >= 11 is 0. The van der Waals surface area contributed by atoms with Gasteiger partial charge in [0.05, 0.1) is 23.8 Å². The van der Waals surface area contributed by atoms with E-state index in [1.807, 2.05) is 0 Å². The molecule has 182 valence electrons. The molecule has 0 aliphatic carbocycles. The molecule has 0 radical (unpaired) electrons. The number of halogens is 2. The summed E-state index contributed by atoms with van der Waals surface area (Å²) in [7, 11) is -3.50. The van der Waals surface area contributed by atoms with Crippen LogP contribution < -0.4 is 9.47 Å². The zero-order chi connectivity index (χ0) is 25.3. The highest BCUT2D eigenvalue weighted by molar-refractivity contribution is 7.91. The third-order valence-corrected chi connectivity index (χ3v) is 6.77. The van der Waals surface area contributed by atoms with Crippen LogP contribution in [0.5, 0.6) is 23.1 Å². The monoisotopic (exact) mass is 509 g/mol.